The molecule has 1 atom stereocenters. The van der Waals surface area contributed by atoms with E-state index < -0.39 is 0 Å². The Hall–Kier alpha value is -1.13. The number of thioether (sulfide) groups is 1. The predicted octanol–water partition coefficient (Wildman–Crippen LogP) is 2.95. The lowest BCUT2D eigenvalue weighted by Gasteiger charge is -2.07. The fourth-order valence-electron chi connectivity index (χ4n) is 1.67. The van der Waals surface area contributed by atoms with Crippen molar-refractivity contribution in [3.8, 4) is 0 Å². The molecule has 0 bridgehead atoms. The minimum atomic E-state index is -0.214. The number of halogens is 1. The van der Waals surface area contributed by atoms with Gasteiger partial charge < -0.3 is 5.73 Å². The lowest BCUT2D eigenvalue weighted by molar-refractivity contribution is 0.639. The molecule has 0 spiro atoms. The van der Waals surface area contributed by atoms with E-state index in [1.54, 1.807) is 36.2 Å². The Morgan fingerprint density at radius 2 is 2.24 bits per heavy atom. The van der Waals surface area contributed by atoms with Crippen molar-refractivity contribution in [3.05, 3.63) is 41.8 Å². The Morgan fingerprint density at radius 3 is 3.00 bits per heavy atom. The molecule has 2 aromatic rings. The molecule has 1 aromatic heterocycles. The highest BCUT2D eigenvalue weighted by Gasteiger charge is 2.06. The first-order valence-electron chi connectivity index (χ1n) is 5.54. The van der Waals surface area contributed by atoms with Crippen LogP contribution in [0.5, 0.6) is 0 Å². The number of nitrogens with two attached hydrogens (primary N) is 1. The van der Waals surface area contributed by atoms with E-state index in [9.17, 15) is 4.39 Å². The fourth-order valence-corrected chi connectivity index (χ4v) is 2.61. The Morgan fingerprint density at radius 1 is 1.41 bits per heavy atom. The summed E-state index contributed by atoms with van der Waals surface area (Å²) in [5.41, 5.74) is 7.51. The van der Waals surface area contributed by atoms with Crippen LogP contribution in [0.3, 0.4) is 0 Å². The number of aromatic nitrogens is 1. The maximum atomic E-state index is 13.5. The molecule has 0 saturated carbocycles. The monoisotopic (exact) mass is 250 g/mol. The number of hydrogen-bond acceptors (Lipinski definition) is 3. The molecule has 1 unspecified atom stereocenters. The van der Waals surface area contributed by atoms with Crippen LogP contribution in [-0.2, 0) is 5.75 Å². The SMILES string of the molecule is CC(N)CSCc1ccc(F)c2cccnc12. The first-order valence-corrected chi connectivity index (χ1v) is 6.69. The maximum Gasteiger partial charge on any atom is 0.132 e. The number of fused-ring (bicyclic) bond motifs is 1. The van der Waals surface area contributed by atoms with Crippen LogP contribution in [0.4, 0.5) is 4.39 Å². The number of pyridine rings is 1. The van der Waals surface area contributed by atoms with Gasteiger partial charge in [0.15, 0.2) is 0 Å². The van der Waals surface area contributed by atoms with Crippen LogP contribution in [0.15, 0.2) is 30.5 Å². The van der Waals surface area contributed by atoms with E-state index in [0.717, 1.165) is 22.6 Å². The van der Waals surface area contributed by atoms with Crippen molar-refractivity contribution in [2.24, 2.45) is 5.73 Å². The van der Waals surface area contributed by atoms with Crippen molar-refractivity contribution in [2.75, 3.05) is 5.75 Å². The van der Waals surface area contributed by atoms with Gasteiger partial charge in [-0.1, -0.05) is 6.07 Å². The summed E-state index contributed by atoms with van der Waals surface area (Å²) in [4.78, 5) is 4.26. The normalized spacial score (nSPS) is 12.9. The van der Waals surface area contributed by atoms with Crippen molar-refractivity contribution in [3.63, 3.8) is 0 Å². The van der Waals surface area contributed by atoms with Crippen LogP contribution < -0.4 is 5.73 Å². The first-order chi connectivity index (χ1) is 8.18. The van der Waals surface area contributed by atoms with E-state index in [-0.39, 0.29) is 11.9 Å². The molecule has 0 amide bonds. The van der Waals surface area contributed by atoms with Gasteiger partial charge in [-0.3, -0.25) is 4.98 Å². The van der Waals surface area contributed by atoms with Gasteiger partial charge in [0, 0.05) is 29.1 Å². The highest BCUT2D eigenvalue weighted by atomic mass is 32.2. The highest BCUT2D eigenvalue weighted by Crippen LogP contribution is 2.23. The average molecular weight is 250 g/mol. The van der Waals surface area contributed by atoms with Gasteiger partial charge in [-0.2, -0.15) is 11.8 Å². The van der Waals surface area contributed by atoms with Gasteiger partial charge >= 0.3 is 0 Å². The van der Waals surface area contributed by atoms with Gasteiger partial charge in [-0.15, -0.1) is 0 Å². The highest BCUT2D eigenvalue weighted by molar-refractivity contribution is 7.98. The van der Waals surface area contributed by atoms with E-state index in [1.807, 2.05) is 6.92 Å². The third kappa shape index (κ3) is 2.96. The van der Waals surface area contributed by atoms with Gasteiger partial charge in [0.25, 0.3) is 0 Å². The second-order valence-corrected chi connectivity index (χ2v) is 5.13. The largest absolute Gasteiger partial charge is 0.327 e. The molecule has 0 aliphatic rings. The lowest BCUT2D eigenvalue weighted by atomic mass is 10.1. The van der Waals surface area contributed by atoms with Crippen LogP contribution in [-0.4, -0.2) is 16.8 Å². The van der Waals surface area contributed by atoms with E-state index in [2.05, 4.69) is 4.98 Å². The molecule has 1 heterocycles. The first kappa shape index (κ1) is 12.3. The van der Waals surface area contributed by atoms with Crippen molar-refractivity contribution in [1.82, 2.24) is 4.98 Å². The summed E-state index contributed by atoms with van der Waals surface area (Å²) in [6.07, 6.45) is 1.70. The zero-order valence-electron chi connectivity index (χ0n) is 9.69. The van der Waals surface area contributed by atoms with Crippen LogP contribution in [0.2, 0.25) is 0 Å². The standard InChI is InChI=1S/C13H15FN2S/c1-9(15)7-17-8-10-4-5-12(14)11-3-2-6-16-13(10)11/h2-6,9H,7-8,15H2,1H3. The topological polar surface area (TPSA) is 38.9 Å². The van der Waals surface area contributed by atoms with Crippen molar-refractivity contribution >= 4 is 22.7 Å². The second kappa shape index (κ2) is 5.47. The van der Waals surface area contributed by atoms with E-state index in [1.165, 1.54) is 6.07 Å². The maximum absolute atomic E-state index is 13.5. The number of hydrogen-bond donors (Lipinski definition) is 1. The third-order valence-electron chi connectivity index (χ3n) is 2.44. The molecule has 0 saturated heterocycles. The minimum Gasteiger partial charge on any atom is -0.327 e. The quantitative estimate of drug-likeness (QED) is 0.906. The summed E-state index contributed by atoms with van der Waals surface area (Å²) in [5.74, 6) is 1.50. The van der Waals surface area contributed by atoms with Crippen LogP contribution in [0.25, 0.3) is 10.9 Å². The summed E-state index contributed by atoms with van der Waals surface area (Å²) in [6.45, 7) is 1.98. The lowest BCUT2D eigenvalue weighted by Crippen LogP contribution is -2.17. The van der Waals surface area contributed by atoms with E-state index in [4.69, 9.17) is 5.73 Å². The second-order valence-electron chi connectivity index (χ2n) is 4.10. The minimum absolute atomic E-state index is 0.180. The van der Waals surface area contributed by atoms with Gasteiger partial charge in [0.1, 0.15) is 5.82 Å². The molecule has 2 rings (SSSR count). The number of nitrogens with zero attached hydrogens (tertiary/aromatic N) is 1. The molecule has 0 aliphatic carbocycles. The fraction of sp³-hybridized carbons (Fsp3) is 0.308. The average Bonchev–Trinajstić information content (AvgIpc) is 2.32. The van der Waals surface area contributed by atoms with Gasteiger partial charge in [-0.05, 0) is 30.7 Å². The molecule has 2 N–H and O–H groups in total. The summed E-state index contributed by atoms with van der Waals surface area (Å²) < 4.78 is 13.5. The van der Waals surface area contributed by atoms with Gasteiger partial charge in [0.2, 0.25) is 0 Å². The molecule has 0 fully saturated rings. The number of rotatable bonds is 4. The summed E-state index contributed by atoms with van der Waals surface area (Å²) >= 11 is 1.75. The van der Waals surface area contributed by atoms with E-state index in [0.29, 0.717) is 5.39 Å². The zero-order chi connectivity index (χ0) is 12.3. The smallest absolute Gasteiger partial charge is 0.132 e. The van der Waals surface area contributed by atoms with Gasteiger partial charge in [0.05, 0.1) is 5.52 Å². The molecule has 1 aromatic carbocycles. The molecular weight excluding hydrogens is 235 g/mol. The molecule has 17 heavy (non-hydrogen) atoms. The summed E-state index contributed by atoms with van der Waals surface area (Å²) in [6, 6.07) is 7.01. The Labute approximate surface area is 104 Å². The summed E-state index contributed by atoms with van der Waals surface area (Å²) in [5, 5.41) is 0.589. The summed E-state index contributed by atoms with van der Waals surface area (Å²) in [7, 11) is 0. The zero-order valence-corrected chi connectivity index (χ0v) is 10.5. The molecular formula is C13H15FN2S. The Balaban J connectivity index is 2.26. The Bertz CT molecular complexity index is 514. The van der Waals surface area contributed by atoms with Crippen molar-refractivity contribution in [1.29, 1.82) is 0 Å². The third-order valence-corrected chi connectivity index (χ3v) is 3.71. The molecule has 2 nitrogen and oxygen atoms in total. The molecule has 4 heteroatoms. The number of benzene rings is 1. The Kier molecular flexibility index (Phi) is 3.97. The molecule has 0 radical (unpaired) electrons. The van der Waals surface area contributed by atoms with Crippen LogP contribution in [0.1, 0.15) is 12.5 Å². The van der Waals surface area contributed by atoms with Crippen molar-refractivity contribution in [2.45, 2.75) is 18.7 Å². The predicted molar refractivity (Wildman–Crippen MR) is 71.5 cm³/mol. The van der Waals surface area contributed by atoms with Crippen LogP contribution in [0, 0.1) is 5.82 Å². The van der Waals surface area contributed by atoms with Crippen LogP contribution >= 0.6 is 11.8 Å². The van der Waals surface area contributed by atoms with E-state index >= 15 is 0 Å². The van der Waals surface area contributed by atoms with Gasteiger partial charge in [-0.25, -0.2) is 4.39 Å². The molecule has 90 valence electrons. The van der Waals surface area contributed by atoms with Crippen molar-refractivity contribution < 1.29 is 4.39 Å². The molecule has 0 aliphatic heterocycles.